The highest BCUT2D eigenvalue weighted by Gasteiger charge is 2.17. The summed E-state index contributed by atoms with van der Waals surface area (Å²) in [5.41, 5.74) is 3.66. The highest BCUT2D eigenvalue weighted by molar-refractivity contribution is 8.01. The van der Waals surface area contributed by atoms with Crippen molar-refractivity contribution in [2.24, 2.45) is 5.10 Å². The monoisotopic (exact) mass is 514 g/mol. The van der Waals surface area contributed by atoms with Crippen LogP contribution in [0.5, 0.6) is 5.75 Å². The zero-order valence-electron chi connectivity index (χ0n) is 18.7. The molecule has 8 nitrogen and oxygen atoms in total. The van der Waals surface area contributed by atoms with E-state index in [1.54, 1.807) is 18.2 Å². The molecule has 0 unspecified atom stereocenters. The average Bonchev–Trinajstić information content (AvgIpc) is 3.30. The van der Waals surface area contributed by atoms with Crippen molar-refractivity contribution in [3.05, 3.63) is 101 Å². The first-order valence-corrected chi connectivity index (χ1v) is 12.4. The Balaban J connectivity index is 1.22. The van der Waals surface area contributed by atoms with Gasteiger partial charge in [0.05, 0.1) is 26.3 Å². The van der Waals surface area contributed by atoms with Gasteiger partial charge in [0.15, 0.2) is 10.9 Å². The molecule has 10 heteroatoms. The number of hydrogen-bond acceptors (Lipinski definition) is 8. The summed E-state index contributed by atoms with van der Waals surface area (Å²) in [4.78, 5) is 28.4. The molecule has 0 spiro atoms. The van der Waals surface area contributed by atoms with E-state index in [9.17, 15) is 14.9 Å². The lowest BCUT2D eigenvalue weighted by Gasteiger charge is -2.08. The molecule has 5 aromatic rings. The van der Waals surface area contributed by atoms with Gasteiger partial charge in [0.2, 0.25) is 0 Å². The number of nitro benzene ring substituents is 1. The van der Waals surface area contributed by atoms with Crippen LogP contribution in [0.25, 0.3) is 21.0 Å². The van der Waals surface area contributed by atoms with Crippen LogP contribution in [0.3, 0.4) is 0 Å². The summed E-state index contributed by atoms with van der Waals surface area (Å²) >= 11 is 2.73. The highest BCUT2D eigenvalue weighted by Crippen LogP contribution is 2.38. The van der Waals surface area contributed by atoms with Gasteiger partial charge in [-0.1, -0.05) is 66.4 Å². The summed E-state index contributed by atoms with van der Waals surface area (Å²) in [6, 6.07) is 25.8. The van der Waals surface area contributed by atoms with Gasteiger partial charge >= 0.3 is 0 Å². The van der Waals surface area contributed by atoms with Crippen molar-refractivity contribution < 1.29 is 14.5 Å². The molecule has 1 heterocycles. The van der Waals surface area contributed by atoms with Gasteiger partial charge in [-0.25, -0.2) is 10.4 Å². The molecular weight excluding hydrogens is 496 g/mol. The summed E-state index contributed by atoms with van der Waals surface area (Å²) in [7, 11) is 0. The minimum Gasteiger partial charge on any atom is -0.483 e. The van der Waals surface area contributed by atoms with E-state index in [0.29, 0.717) is 16.2 Å². The van der Waals surface area contributed by atoms with E-state index >= 15 is 0 Å². The van der Waals surface area contributed by atoms with Gasteiger partial charge in [0.25, 0.3) is 11.6 Å². The SMILES string of the molecule is O=C(COc1cccc2ccccc12)N/N=C/c1ccc(Sc2nc3ccccc3s2)c([N+](=O)[O-])c1. The molecule has 1 amide bonds. The van der Waals surface area contributed by atoms with Crippen molar-refractivity contribution in [3.63, 3.8) is 0 Å². The van der Waals surface area contributed by atoms with Gasteiger partial charge in [0, 0.05) is 17.0 Å². The van der Waals surface area contributed by atoms with Gasteiger partial charge in [-0.3, -0.25) is 14.9 Å². The molecule has 0 atom stereocenters. The Bertz CT molecular complexity index is 1580. The first kappa shape index (κ1) is 23.5. The molecule has 178 valence electrons. The first-order valence-electron chi connectivity index (χ1n) is 10.8. The van der Waals surface area contributed by atoms with Crippen molar-refractivity contribution in [1.29, 1.82) is 0 Å². The van der Waals surface area contributed by atoms with Gasteiger partial charge in [-0.05, 0) is 29.7 Å². The molecule has 4 aromatic carbocycles. The van der Waals surface area contributed by atoms with Crippen molar-refractivity contribution in [2.75, 3.05) is 6.61 Å². The van der Waals surface area contributed by atoms with E-state index in [4.69, 9.17) is 4.74 Å². The number of nitro groups is 1. The fourth-order valence-corrected chi connectivity index (χ4v) is 5.62. The Hall–Kier alpha value is -4.28. The third-order valence-electron chi connectivity index (χ3n) is 5.16. The molecule has 0 bridgehead atoms. The Morgan fingerprint density at radius 1 is 1.08 bits per heavy atom. The number of nitrogens with zero attached hydrogens (tertiary/aromatic N) is 3. The lowest BCUT2D eigenvalue weighted by molar-refractivity contribution is -0.387. The van der Waals surface area contributed by atoms with E-state index in [2.05, 4.69) is 15.5 Å². The maximum atomic E-state index is 12.2. The van der Waals surface area contributed by atoms with Crippen LogP contribution in [0.4, 0.5) is 5.69 Å². The average molecular weight is 515 g/mol. The van der Waals surface area contributed by atoms with E-state index in [1.807, 2.05) is 60.7 Å². The van der Waals surface area contributed by atoms with Crippen LogP contribution >= 0.6 is 23.1 Å². The zero-order chi connectivity index (χ0) is 24.9. The number of aromatic nitrogens is 1. The summed E-state index contributed by atoms with van der Waals surface area (Å²) in [6.07, 6.45) is 1.36. The number of carbonyl (C=O) groups excluding carboxylic acids is 1. The molecule has 0 radical (unpaired) electrons. The molecule has 36 heavy (non-hydrogen) atoms. The number of hydrogen-bond donors (Lipinski definition) is 1. The fourth-order valence-electron chi connectivity index (χ4n) is 3.51. The molecule has 1 aromatic heterocycles. The summed E-state index contributed by atoms with van der Waals surface area (Å²) < 4.78 is 7.39. The van der Waals surface area contributed by atoms with E-state index in [1.165, 1.54) is 35.4 Å². The molecule has 0 aliphatic rings. The fraction of sp³-hybridized carbons (Fsp3) is 0.0385. The van der Waals surface area contributed by atoms with Crippen LogP contribution in [0.1, 0.15) is 5.56 Å². The Labute approximate surface area is 213 Å². The second kappa shape index (κ2) is 10.5. The lowest BCUT2D eigenvalue weighted by atomic mass is 10.1. The molecule has 5 rings (SSSR count). The number of carbonyl (C=O) groups is 1. The summed E-state index contributed by atoms with van der Waals surface area (Å²) in [5.74, 6) is 0.153. The first-order chi connectivity index (χ1) is 17.6. The second-order valence-corrected chi connectivity index (χ2v) is 9.91. The Morgan fingerprint density at radius 3 is 2.75 bits per heavy atom. The third-order valence-corrected chi connectivity index (χ3v) is 7.32. The standard InChI is InChI=1S/C26H18N4O4S2/c31-25(16-34-22-10-5-7-18-6-1-2-8-19(18)22)29-27-15-17-12-13-24(21(14-17)30(32)33)36-26-28-20-9-3-4-11-23(20)35-26/h1-15H,16H2,(H,29,31)/b27-15+. The number of hydrazone groups is 1. The largest absolute Gasteiger partial charge is 0.483 e. The van der Waals surface area contributed by atoms with Gasteiger partial charge in [0.1, 0.15) is 5.75 Å². The van der Waals surface area contributed by atoms with Crippen LogP contribution in [0.15, 0.2) is 99.3 Å². The van der Waals surface area contributed by atoms with Crippen molar-refractivity contribution >= 4 is 61.9 Å². The van der Waals surface area contributed by atoms with Gasteiger partial charge in [-0.15, -0.1) is 11.3 Å². The Morgan fingerprint density at radius 2 is 1.89 bits per heavy atom. The van der Waals surface area contributed by atoms with Crippen molar-refractivity contribution in [2.45, 2.75) is 9.24 Å². The molecular formula is C26H18N4O4S2. The van der Waals surface area contributed by atoms with Crippen LogP contribution in [-0.4, -0.2) is 28.6 Å². The molecule has 0 saturated carbocycles. The number of benzene rings is 4. The maximum absolute atomic E-state index is 12.2. The zero-order valence-corrected chi connectivity index (χ0v) is 20.3. The minimum atomic E-state index is -0.448. The summed E-state index contributed by atoms with van der Waals surface area (Å²) in [5, 5.41) is 17.5. The number of amides is 1. The van der Waals surface area contributed by atoms with Gasteiger partial charge in [-0.2, -0.15) is 5.10 Å². The number of rotatable bonds is 8. The molecule has 0 aliphatic carbocycles. The normalized spacial score (nSPS) is 11.2. The van der Waals surface area contributed by atoms with E-state index in [0.717, 1.165) is 25.3 Å². The van der Waals surface area contributed by atoms with Crippen molar-refractivity contribution in [1.82, 2.24) is 10.4 Å². The minimum absolute atomic E-state index is 0.0613. The number of ether oxygens (including phenoxy) is 1. The topological polar surface area (TPSA) is 107 Å². The number of fused-ring (bicyclic) bond motifs is 2. The Kier molecular flexibility index (Phi) is 6.87. The van der Waals surface area contributed by atoms with E-state index < -0.39 is 10.8 Å². The molecule has 1 N–H and O–H groups in total. The van der Waals surface area contributed by atoms with E-state index in [-0.39, 0.29) is 12.3 Å². The van der Waals surface area contributed by atoms with Gasteiger partial charge < -0.3 is 4.74 Å². The van der Waals surface area contributed by atoms with Crippen LogP contribution in [0, 0.1) is 10.1 Å². The highest BCUT2D eigenvalue weighted by atomic mass is 32.2. The number of nitrogens with one attached hydrogen (secondary N) is 1. The predicted octanol–water partition coefficient (Wildman–Crippen LogP) is 6.04. The summed E-state index contributed by atoms with van der Waals surface area (Å²) in [6.45, 7) is -0.219. The number of para-hydroxylation sites is 1. The molecule has 0 saturated heterocycles. The smallest absolute Gasteiger partial charge is 0.283 e. The second-order valence-electron chi connectivity index (χ2n) is 7.59. The quantitative estimate of drug-likeness (QED) is 0.154. The van der Waals surface area contributed by atoms with Crippen molar-refractivity contribution in [3.8, 4) is 5.75 Å². The maximum Gasteiger partial charge on any atom is 0.283 e. The van der Waals surface area contributed by atoms with Crippen LogP contribution < -0.4 is 10.2 Å². The van der Waals surface area contributed by atoms with Crippen LogP contribution in [-0.2, 0) is 4.79 Å². The molecule has 0 fully saturated rings. The van der Waals surface area contributed by atoms with Crippen LogP contribution in [0.2, 0.25) is 0 Å². The molecule has 0 aliphatic heterocycles. The number of thiazole rings is 1. The predicted molar refractivity (Wildman–Crippen MR) is 142 cm³/mol. The third kappa shape index (κ3) is 5.35. The lowest BCUT2D eigenvalue weighted by Crippen LogP contribution is -2.24.